The van der Waals surface area contributed by atoms with E-state index in [1.54, 1.807) is 31.4 Å². The van der Waals surface area contributed by atoms with Gasteiger partial charge in [-0.25, -0.2) is 4.98 Å². The molecule has 31 heavy (non-hydrogen) atoms. The molecule has 154 valence electrons. The first kappa shape index (κ1) is 20.1. The van der Waals surface area contributed by atoms with Gasteiger partial charge in [0, 0.05) is 10.9 Å². The number of benzene rings is 2. The minimum atomic E-state index is -0.356. The Bertz CT molecular complexity index is 1350. The lowest BCUT2D eigenvalue weighted by atomic mass is 10.0. The highest BCUT2D eigenvalue weighted by Gasteiger charge is 2.18. The van der Waals surface area contributed by atoms with Crippen molar-refractivity contribution in [2.75, 3.05) is 12.4 Å². The number of ether oxygens (including phenoxy) is 1. The monoisotopic (exact) mass is 411 g/mol. The van der Waals surface area contributed by atoms with E-state index in [1.165, 1.54) is 16.4 Å². The topological polar surface area (TPSA) is 92.8 Å². The van der Waals surface area contributed by atoms with Gasteiger partial charge in [0.2, 0.25) is 0 Å². The highest BCUT2D eigenvalue weighted by atomic mass is 16.5. The summed E-state index contributed by atoms with van der Waals surface area (Å²) in [6.07, 6.45) is 1.42. The number of amides is 1. The molecular weight excluding hydrogens is 390 g/mol. The van der Waals surface area contributed by atoms with Gasteiger partial charge in [-0.15, -0.1) is 0 Å². The predicted octanol–water partition coefficient (Wildman–Crippen LogP) is 4.48. The van der Waals surface area contributed by atoms with Gasteiger partial charge in [-0.3, -0.25) is 4.79 Å². The van der Waals surface area contributed by atoms with Crippen LogP contribution in [0.2, 0.25) is 0 Å². The number of anilines is 1. The summed E-state index contributed by atoms with van der Waals surface area (Å²) in [6, 6.07) is 14.9. The van der Waals surface area contributed by atoms with E-state index >= 15 is 0 Å². The van der Waals surface area contributed by atoms with Gasteiger partial charge in [0.25, 0.3) is 5.91 Å². The Kier molecular flexibility index (Phi) is 5.14. The lowest BCUT2D eigenvalue weighted by molar-refractivity contribution is 0.102. The van der Waals surface area contributed by atoms with E-state index < -0.39 is 0 Å². The van der Waals surface area contributed by atoms with Crippen molar-refractivity contribution in [1.29, 1.82) is 5.26 Å². The van der Waals surface area contributed by atoms with Crippen molar-refractivity contribution in [2.24, 2.45) is 0 Å². The van der Waals surface area contributed by atoms with Crippen molar-refractivity contribution in [3.8, 4) is 17.6 Å². The minimum Gasteiger partial charge on any atom is -0.497 e. The van der Waals surface area contributed by atoms with Crippen molar-refractivity contribution in [3.63, 3.8) is 0 Å². The van der Waals surface area contributed by atoms with Crippen molar-refractivity contribution >= 4 is 22.6 Å². The highest BCUT2D eigenvalue weighted by molar-refractivity contribution is 6.04. The average molecular weight is 411 g/mol. The number of nitrogens with zero attached hydrogens (tertiary/aromatic N) is 4. The zero-order valence-corrected chi connectivity index (χ0v) is 17.7. The third-order valence-electron chi connectivity index (χ3n) is 5.13. The number of nitriles is 1. The normalized spacial score (nSPS) is 10.7. The van der Waals surface area contributed by atoms with Crippen LogP contribution in [0, 0.1) is 32.1 Å². The molecule has 7 nitrogen and oxygen atoms in total. The number of hydrogen-bond acceptors (Lipinski definition) is 5. The number of rotatable bonds is 4. The summed E-state index contributed by atoms with van der Waals surface area (Å²) < 4.78 is 6.63. The molecule has 0 bridgehead atoms. The molecule has 0 aliphatic rings. The third kappa shape index (κ3) is 3.71. The molecule has 2 heterocycles. The molecule has 7 heteroatoms. The molecule has 1 N–H and O–H groups in total. The van der Waals surface area contributed by atoms with Gasteiger partial charge >= 0.3 is 0 Å². The van der Waals surface area contributed by atoms with Gasteiger partial charge in [-0.2, -0.15) is 15.0 Å². The maximum absolute atomic E-state index is 12.8. The van der Waals surface area contributed by atoms with Crippen LogP contribution in [0.25, 0.3) is 16.7 Å². The fraction of sp³-hybridized carbons (Fsp3) is 0.167. The van der Waals surface area contributed by atoms with E-state index in [0.29, 0.717) is 17.1 Å². The molecule has 0 saturated carbocycles. The van der Waals surface area contributed by atoms with Gasteiger partial charge in [0.15, 0.2) is 11.6 Å². The van der Waals surface area contributed by atoms with E-state index in [-0.39, 0.29) is 17.3 Å². The Balaban J connectivity index is 1.78. The standard InChI is InChI=1S/C24H21N5O2/c1-14-9-16(3)22-20(10-14)15(2)11-21(27-22)29-23(18(12-25)13-26-29)28-24(30)17-5-7-19(31-4)8-6-17/h5-11,13H,1-4H3,(H,28,30). The smallest absolute Gasteiger partial charge is 0.256 e. The molecular formula is C24H21N5O2. The molecule has 4 aromatic rings. The summed E-state index contributed by atoms with van der Waals surface area (Å²) in [4.78, 5) is 17.6. The first-order chi connectivity index (χ1) is 14.9. The van der Waals surface area contributed by atoms with Gasteiger partial charge in [-0.1, -0.05) is 11.6 Å². The van der Waals surface area contributed by atoms with Crippen LogP contribution < -0.4 is 10.1 Å². The maximum Gasteiger partial charge on any atom is 0.256 e. The largest absolute Gasteiger partial charge is 0.497 e. The number of hydrogen-bond donors (Lipinski definition) is 1. The molecule has 0 fully saturated rings. The second-order valence-electron chi connectivity index (χ2n) is 7.39. The zero-order chi connectivity index (χ0) is 22.1. The number of pyridine rings is 1. The fourth-order valence-corrected chi connectivity index (χ4v) is 3.58. The zero-order valence-electron chi connectivity index (χ0n) is 17.7. The van der Waals surface area contributed by atoms with Crippen LogP contribution in [0.15, 0.2) is 48.7 Å². The Morgan fingerprint density at radius 3 is 2.52 bits per heavy atom. The number of nitrogens with one attached hydrogen (secondary N) is 1. The van der Waals surface area contributed by atoms with Crippen LogP contribution >= 0.6 is 0 Å². The molecule has 2 aromatic carbocycles. The second-order valence-corrected chi connectivity index (χ2v) is 7.39. The van der Waals surface area contributed by atoms with Gasteiger partial charge in [0.05, 0.1) is 18.8 Å². The van der Waals surface area contributed by atoms with Crippen molar-refractivity contribution in [3.05, 3.63) is 76.5 Å². The van der Waals surface area contributed by atoms with E-state index in [4.69, 9.17) is 9.72 Å². The highest BCUT2D eigenvalue weighted by Crippen LogP contribution is 2.27. The van der Waals surface area contributed by atoms with E-state index in [2.05, 4.69) is 35.5 Å². The molecule has 1 amide bonds. The number of fused-ring (bicyclic) bond motifs is 1. The number of carbonyl (C=O) groups is 1. The summed E-state index contributed by atoms with van der Waals surface area (Å²) in [5, 5.41) is 17.7. The summed E-state index contributed by atoms with van der Waals surface area (Å²) in [5.74, 6) is 1.11. The van der Waals surface area contributed by atoms with Crippen LogP contribution in [-0.4, -0.2) is 27.8 Å². The Labute approximate surface area is 179 Å². The number of aryl methyl sites for hydroxylation is 3. The lowest BCUT2D eigenvalue weighted by Gasteiger charge is -2.13. The third-order valence-corrected chi connectivity index (χ3v) is 5.13. The second kappa shape index (κ2) is 7.92. The molecule has 0 saturated heterocycles. The van der Waals surface area contributed by atoms with Crippen LogP contribution in [0.5, 0.6) is 5.75 Å². The molecule has 0 atom stereocenters. The Morgan fingerprint density at radius 2 is 1.84 bits per heavy atom. The molecule has 4 rings (SSSR count). The molecule has 0 aliphatic carbocycles. The summed E-state index contributed by atoms with van der Waals surface area (Å²) in [7, 11) is 1.56. The molecule has 2 aromatic heterocycles. The molecule has 0 unspecified atom stereocenters. The van der Waals surface area contributed by atoms with Crippen LogP contribution in [0.3, 0.4) is 0 Å². The number of aromatic nitrogens is 3. The van der Waals surface area contributed by atoms with Crippen LogP contribution in [0.1, 0.15) is 32.6 Å². The van der Waals surface area contributed by atoms with Crippen LogP contribution in [0.4, 0.5) is 5.82 Å². The van der Waals surface area contributed by atoms with Crippen molar-refractivity contribution in [1.82, 2.24) is 14.8 Å². The van der Waals surface area contributed by atoms with Crippen molar-refractivity contribution < 1.29 is 9.53 Å². The quantitative estimate of drug-likeness (QED) is 0.534. The first-order valence-corrected chi connectivity index (χ1v) is 9.73. The molecule has 0 spiro atoms. The molecule has 0 aliphatic heterocycles. The van der Waals surface area contributed by atoms with Gasteiger partial charge in [0.1, 0.15) is 17.4 Å². The SMILES string of the molecule is COc1ccc(C(=O)Nc2c(C#N)cnn2-c2cc(C)c3cc(C)cc(C)c3n2)cc1. The average Bonchev–Trinajstić information content (AvgIpc) is 3.16. The van der Waals surface area contributed by atoms with Gasteiger partial charge in [-0.05, 0) is 68.3 Å². The summed E-state index contributed by atoms with van der Waals surface area (Å²) >= 11 is 0. The predicted molar refractivity (Wildman–Crippen MR) is 119 cm³/mol. The first-order valence-electron chi connectivity index (χ1n) is 9.73. The fourth-order valence-electron chi connectivity index (χ4n) is 3.58. The summed E-state index contributed by atoms with van der Waals surface area (Å²) in [6.45, 7) is 6.08. The number of methoxy groups -OCH3 is 1. The van der Waals surface area contributed by atoms with Gasteiger partial charge < -0.3 is 10.1 Å². The minimum absolute atomic E-state index is 0.252. The van der Waals surface area contributed by atoms with E-state index in [0.717, 1.165) is 22.0 Å². The maximum atomic E-state index is 12.8. The number of carbonyl (C=O) groups excluding carboxylic acids is 1. The Hall–Kier alpha value is -4.18. The van der Waals surface area contributed by atoms with E-state index in [1.807, 2.05) is 19.9 Å². The van der Waals surface area contributed by atoms with E-state index in [9.17, 15) is 10.1 Å². The molecule has 0 radical (unpaired) electrons. The van der Waals surface area contributed by atoms with Crippen LogP contribution in [-0.2, 0) is 0 Å². The summed E-state index contributed by atoms with van der Waals surface area (Å²) in [5.41, 5.74) is 4.81. The Morgan fingerprint density at radius 1 is 1.10 bits per heavy atom. The van der Waals surface area contributed by atoms with Crippen molar-refractivity contribution in [2.45, 2.75) is 20.8 Å². The lowest BCUT2D eigenvalue weighted by Crippen LogP contribution is -2.16.